The first-order chi connectivity index (χ1) is 15.9. The van der Waals surface area contributed by atoms with Crippen molar-refractivity contribution < 1.29 is 69.6 Å². The molecule has 0 heterocycles. The molecule has 0 saturated carbocycles. The van der Waals surface area contributed by atoms with Crippen LogP contribution in [0.25, 0.3) is 18.2 Å². The van der Waals surface area contributed by atoms with E-state index in [1.54, 1.807) is 18.2 Å². The van der Waals surface area contributed by atoms with Gasteiger partial charge in [0.15, 0.2) is 0 Å². The number of aliphatic carboxylic acids is 3. The van der Waals surface area contributed by atoms with Crippen LogP contribution in [0.2, 0.25) is 0 Å². The first-order valence-electron chi connectivity index (χ1n) is 9.75. The number of rotatable bonds is 6. The maximum absolute atomic E-state index is 10.1. The van der Waals surface area contributed by atoms with E-state index in [1.165, 1.54) is 0 Å². The summed E-state index contributed by atoms with van der Waals surface area (Å²) < 4.78 is 0. The monoisotopic (exact) mass is 602 g/mol. The molecule has 0 aliphatic rings. The van der Waals surface area contributed by atoms with E-state index in [-0.39, 0.29) is 39.9 Å². The molecular weight excluding hydrogens is 578 g/mol. The van der Waals surface area contributed by atoms with Gasteiger partial charge in [0.2, 0.25) is 0 Å². The molecule has 3 N–H and O–H groups in total. The van der Waals surface area contributed by atoms with Crippen molar-refractivity contribution in [3.05, 3.63) is 126 Å². The molecule has 0 radical (unpaired) electrons. The average molecular weight is 602 g/mol. The Labute approximate surface area is 230 Å². The number of carboxylic acid groups (broad SMARTS) is 3. The Hall–Kier alpha value is -3.39. The molecule has 0 unspecified atom stereocenters. The van der Waals surface area contributed by atoms with E-state index >= 15 is 0 Å². The molecule has 0 aliphatic carbocycles. The van der Waals surface area contributed by atoms with Crippen LogP contribution in [0.15, 0.2) is 109 Å². The summed E-state index contributed by atoms with van der Waals surface area (Å²) in [6.07, 6.45) is 8.03. The van der Waals surface area contributed by atoms with Gasteiger partial charge >= 0.3 is 17.9 Å². The van der Waals surface area contributed by atoms with Gasteiger partial charge in [-0.05, 0) is 34.9 Å². The summed E-state index contributed by atoms with van der Waals surface area (Å²) in [6.45, 7) is 0. The molecule has 0 bridgehead atoms. The zero-order chi connectivity index (χ0) is 24.3. The van der Waals surface area contributed by atoms with Crippen LogP contribution in [0.5, 0.6) is 0 Å². The van der Waals surface area contributed by atoms with Gasteiger partial charge in [0, 0.05) is 58.2 Å². The average Bonchev–Trinajstić information content (AvgIpc) is 2.83. The minimum atomic E-state index is -0.922. The first-order valence-corrected chi connectivity index (χ1v) is 9.75. The van der Waals surface area contributed by atoms with Gasteiger partial charge in [0.05, 0.1) is 0 Å². The van der Waals surface area contributed by atoms with Crippen molar-refractivity contribution in [3.63, 3.8) is 0 Å². The van der Waals surface area contributed by atoms with Gasteiger partial charge in [0.25, 0.3) is 0 Å². The molecule has 3 rings (SSSR count). The van der Waals surface area contributed by atoms with E-state index in [1.807, 2.05) is 91.0 Å². The predicted molar refractivity (Wildman–Crippen MR) is 129 cm³/mol. The van der Waals surface area contributed by atoms with Crippen molar-refractivity contribution >= 4 is 36.1 Å². The van der Waals surface area contributed by atoms with Gasteiger partial charge in [-0.15, -0.1) is 0 Å². The number of carboxylic acids is 3. The molecule has 0 atom stereocenters. The van der Waals surface area contributed by atoms with Crippen LogP contribution in [0.4, 0.5) is 0 Å². The molecular formula is C27H24GdO6. The molecule has 176 valence electrons. The maximum Gasteiger partial charge on any atom is 0.328 e. The SMILES string of the molecule is O=C(O)C=Cc1ccccc1.O=C(O)C=Cc1ccccc1.O=C(O)C=Cc1ccccc1.[Gd]. The molecule has 0 aromatic heterocycles. The summed E-state index contributed by atoms with van der Waals surface area (Å²) in [5.74, 6) is -2.77. The van der Waals surface area contributed by atoms with Crippen LogP contribution < -0.4 is 0 Å². The standard InChI is InChI=1S/3C9H8O2.Gd/c3*10-9(11)7-6-8-4-2-1-3-5-8;/h3*1-7H,(H,10,11);. The number of hydrogen-bond acceptors (Lipinski definition) is 3. The molecule has 3 aromatic carbocycles. The van der Waals surface area contributed by atoms with Gasteiger partial charge in [0.1, 0.15) is 0 Å². The van der Waals surface area contributed by atoms with Crippen LogP contribution in [0.3, 0.4) is 0 Å². The molecule has 0 saturated heterocycles. The summed E-state index contributed by atoms with van der Waals surface area (Å²) in [5.41, 5.74) is 2.69. The minimum absolute atomic E-state index is 0. The quantitative estimate of drug-likeness (QED) is 0.329. The summed E-state index contributed by atoms with van der Waals surface area (Å²) in [6, 6.07) is 27.9. The third-order valence-corrected chi connectivity index (χ3v) is 3.65. The number of carbonyl (C=O) groups is 3. The third-order valence-electron chi connectivity index (χ3n) is 3.65. The summed E-state index contributed by atoms with van der Waals surface area (Å²) in [7, 11) is 0. The smallest absolute Gasteiger partial charge is 0.328 e. The Morgan fingerprint density at radius 1 is 0.441 bits per heavy atom. The molecule has 0 spiro atoms. The van der Waals surface area contributed by atoms with Crippen molar-refractivity contribution in [1.29, 1.82) is 0 Å². The van der Waals surface area contributed by atoms with Crippen LogP contribution in [0, 0.1) is 39.9 Å². The predicted octanol–water partition coefficient (Wildman–Crippen LogP) is 5.35. The molecule has 6 nitrogen and oxygen atoms in total. The molecule has 0 amide bonds. The van der Waals surface area contributed by atoms with Gasteiger partial charge in [-0.1, -0.05) is 91.0 Å². The van der Waals surface area contributed by atoms with Crippen molar-refractivity contribution in [2.75, 3.05) is 0 Å². The Balaban J connectivity index is 0.000000473. The van der Waals surface area contributed by atoms with E-state index < -0.39 is 17.9 Å². The Kier molecular flexibility index (Phi) is 17.2. The fourth-order valence-corrected chi connectivity index (χ4v) is 2.19. The Bertz CT molecular complexity index is 934. The van der Waals surface area contributed by atoms with Crippen LogP contribution in [0.1, 0.15) is 16.7 Å². The van der Waals surface area contributed by atoms with Gasteiger partial charge < -0.3 is 15.3 Å². The van der Waals surface area contributed by atoms with Gasteiger partial charge in [-0.25, -0.2) is 14.4 Å². The topological polar surface area (TPSA) is 112 Å². The Morgan fingerprint density at radius 2 is 0.647 bits per heavy atom. The summed E-state index contributed by atoms with van der Waals surface area (Å²) in [4.78, 5) is 30.3. The van der Waals surface area contributed by atoms with E-state index in [0.29, 0.717) is 0 Å². The zero-order valence-corrected chi connectivity index (χ0v) is 20.3. The van der Waals surface area contributed by atoms with E-state index in [2.05, 4.69) is 0 Å². The molecule has 0 fully saturated rings. The molecule has 3 aromatic rings. The van der Waals surface area contributed by atoms with E-state index in [4.69, 9.17) is 15.3 Å². The normalized spacial score (nSPS) is 9.88. The third kappa shape index (κ3) is 17.2. The summed E-state index contributed by atoms with van der Waals surface area (Å²) >= 11 is 0. The van der Waals surface area contributed by atoms with Crippen molar-refractivity contribution in [1.82, 2.24) is 0 Å². The van der Waals surface area contributed by atoms with Crippen molar-refractivity contribution in [2.24, 2.45) is 0 Å². The van der Waals surface area contributed by atoms with Gasteiger partial charge in [-0.2, -0.15) is 0 Å². The second kappa shape index (κ2) is 19.1. The van der Waals surface area contributed by atoms with Crippen molar-refractivity contribution in [3.8, 4) is 0 Å². The minimum Gasteiger partial charge on any atom is -0.478 e. The Morgan fingerprint density at radius 3 is 0.824 bits per heavy atom. The van der Waals surface area contributed by atoms with Crippen LogP contribution in [-0.4, -0.2) is 33.2 Å². The fraction of sp³-hybridized carbons (Fsp3) is 0. The first kappa shape index (κ1) is 30.6. The second-order valence-corrected chi connectivity index (χ2v) is 6.25. The number of hydrogen-bond donors (Lipinski definition) is 3. The van der Waals surface area contributed by atoms with Crippen LogP contribution >= 0.6 is 0 Å². The van der Waals surface area contributed by atoms with E-state index in [9.17, 15) is 14.4 Å². The van der Waals surface area contributed by atoms with Crippen LogP contribution in [-0.2, 0) is 14.4 Å². The molecule has 0 aliphatic heterocycles. The van der Waals surface area contributed by atoms with E-state index in [0.717, 1.165) is 34.9 Å². The maximum atomic E-state index is 10.1. The molecule has 34 heavy (non-hydrogen) atoms. The fourth-order valence-electron chi connectivity index (χ4n) is 2.19. The van der Waals surface area contributed by atoms with Gasteiger partial charge in [-0.3, -0.25) is 0 Å². The largest absolute Gasteiger partial charge is 0.478 e. The summed E-state index contributed by atoms with van der Waals surface area (Å²) in [5, 5.41) is 24.9. The number of benzene rings is 3. The second-order valence-electron chi connectivity index (χ2n) is 6.25. The zero-order valence-electron chi connectivity index (χ0n) is 18.0. The molecule has 7 heteroatoms. The van der Waals surface area contributed by atoms with Crippen molar-refractivity contribution in [2.45, 2.75) is 0 Å².